The number of ether oxygens (including phenoxy) is 2. The van der Waals surface area contributed by atoms with Crippen LogP contribution in [0.5, 0.6) is 5.88 Å². The Labute approximate surface area is 146 Å². The van der Waals surface area contributed by atoms with E-state index in [0.717, 1.165) is 30.9 Å². The number of hydrogen-bond acceptors (Lipinski definition) is 5. The zero-order chi connectivity index (χ0) is 17.1. The van der Waals surface area contributed by atoms with E-state index in [-0.39, 0.29) is 5.91 Å². The van der Waals surface area contributed by atoms with Gasteiger partial charge < -0.3 is 19.7 Å². The zero-order valence-corrected chi connectivity index (χ0v) is 14.0. The van der Waals surface area contributed by atoms with Gasteiger partial charge in [0.15, 0.2) is 0 Å². The third-order valence-electron chi connectivity index (χ3n) is 4.58. The van der Waals surface area contributed by atoms with Crippen molar-refractivity contribution in [3.63, 3.8) is 0 Å². The second-order valence-corrected chi connectivity index (χ2v) is 6.42. The fourth-order valence-corrected chi connectivity index (χ4v) is 3.20. The molecule has 1 N–H and O–H groups in total. The Morgan fingerprint density at radius 2 is 2.24 bits per heavy atom. The molecule has 0 radical (unpaired) electrons. The number of hydrogen-bond donors (Lipinski definition) is 1. The van der Waals surface area contributed by atoms with Gasteiger partial charge in [-0.1, -0.05) is 12.1 Å². The lowest BCUT2D eigenvalue weighted by atomic mass is 10.1. The van der Waals surface area contributed by atoms with Gasteiger partial charge in [0.25, 0.3) is 5.91 Å². The number of nitrogens with one attached hydrogen (secondary N) is 1. The monoisotopic (exact) mass is 339 g/mol. The lowest BCUT2D eigenvalue weighted by Crippen LogP contribution is -2.42. The van der Waals surface area contributed by atoms with Crippen molar-refractivity contribution in [2.45, 2.75) is 13.0 Å². The summed E-state index contributed by atoms with van der Waals surface area (Å²) in [5.74, 6) is 1.07. The molecule has 2 aliphatic heterocycles. The minimum Gasteiger partial charge on any atom is -0.477 e. The zero-order valence-electron chi connectivity index (χ0n) is 14.0. The molecule has 0 aliphatic carbocycles. The first-order valence-electron chi connectivity index (χ1n) is 8.57. The van der Waals surface area contributed by atoms with Crippen LogP contribution in [0.4, 0.5) is 5.69 Å². The predicted molar refractivity (Wildman–Crippen MR) is 93.6 cm³/mol. The summed E-state index contributed by atoms with van der Waals surface area (Å²) >= 11 is 0. The third kappa shape index (κ3) is 3.58. The van der Waals surface area contributed by atoms with Gasteiger partial charge in [0.05, 0.1) is 31.1 Å². The van der Waals surface area contributed by atoms with Crippen molar-refractivity contribution in [3.05, 3.63) is 53.7 Å². The first-order valence-corrected chi connectivity index (χ1v) is 8.57. The van der Waals surface area contributed by atoms with Gasteiger partial charge in [0, 0.05) is 31.3 Å². The van der Waals surface area contributed by atoms with Crippen LogP contribution in [-0.4, -0.2) is 37.4 Å². The van der Waals surface area contributed by atoms with Crippen molar-refractivity contribution in [2.24, 2.45) is 5.92 Å². The van der Waals surface area contributed by atoms with Crippen LogP contribution in [-0.2, 0) is 11.3 Å². The number of carbonyl (C=O) groups is 1. The van der Waals surface area contributed by atoms with Crippen LogP contribution in [0.15, 0.2) is 42.6 Å². The van der Waals surface area contributed by atoms with E-state index in [1.807, 2.05) is 36.4 Å². The molecule has 6 nitrogen and oxygen atoms in total. The van der Waals surface area contributed by atoms with E-state index in [0.29, 0.717) is 37.2 Å². The molecular formula is C19H21N3O3. The highest BCUT2D eigenvalue weighted by atomic mass is 16.5. The van der Waals surface area contributed by atoms with Crippen molar-refractivity contribution in [1.29, 1.82) is 0 Å². The van der Waals surface area contributed by atoms with E-state index >= 15 is 0 Å². The maximum Gasteiger partial charge on any atom is 0.254 e. The van der Waals surface area contributed by atoms with Gasteiger partial charge in [0.1, 0.15) is 0 Å². The molecule has 1 fully saturated rings. The number of aromatic nitrogens is 1. The fourth-order valence-electron chi connectivity index (χ4n) is 3.20. The normalized spacial score (nSPS) is 19.4. The van der Waals surface area contributed by atoms with Crippen LogP contribution in [0.2, 0.25) is 0 Å². The molecule has 4 rings (SSSR count). The SMILES string of the molecule is O=C1NCN(Cc2ccnc(OCC3CCOC3)c2)c2ccccc21. The number of carbonyl (C=O) groups excluding carboxylic acids is 1. The molecule has 1 amide bonds. The van der Waals surface area contributed by atoms with Crippen LogP contribution < -0.4 is 15.0 Å². The Morgan fingerprint density at radius 3 is 3.12 bits per heavy atom. The molecule has 0 saturated carbocycles. The van der Waals surface area contributed by atoms with Crippen molar-refractivity contribution in [3.8, 4) is 5.88 Å². The largest absolute Gasteiger partial charge is 0.477 e. The summed E-state index contributed by atoms with van der Waals surface area (Å²) in [6.45, 7) is 3.40. The Balaban J connectivity index is 1.45. The minimum absolute atomic E-state index is 0.0237. The lowest BCUT2D eigenvalue weighted by molar-refractivity contribution is 0.0947. The van der Waals surface area contributed by atoms with Gasteiger partial charge in [-0.15, -0.1) is 0 Å². The number of nitrogens with zero attached hydrogens (tertiary/aromatic N) is 2. The van der Waals surface area contributed by atoms with Crippen LogP contribution in [0, 0.1) is 5.92 Å². The summed E-state index contributed by atoms with van der Waals surface area (Å²) < 4.78 is 11.2. The van der Waals surface area contributed by atoms with Gasteiger partial charge in [-0.25, -0.2) is 4.98 Å². The minimum atomic E-state index is -0.0237. The van der Waals surface area contributed by atoms with Gasteiger partial charge in [-0.3, -0.25) is 4.79 Å². The number of rotatable bonds is 5. The highest BCUT2D eigenvalue weighted by molar-refractivity contribution is 6.01. The fraction of sp³-hybridized carbons (Fsp3) is 0.368. The Morgan fingerprint density at radius 1 is 1.32 bits per heavy atom. The van der Waals surface area contributed by atoms with Gasteiger partial charge in [-0.05, 0) is 30.2 Å². The Bertz CT molecular complexity index is 759. The molecule has 1 unspecified atom stereocenters. The lowest BCUT2D eigenvalue weighted by Gasteiger charge is -2.31. The predicted octanol–water partition coefficient (Wildman–Crippen LogP) is 2.20. The van der Waals surface area contributed by atoms with Gasteiger partial charge in [-0.2, -0.15) is 0 Å². The first kappa shape index (κ1) is 15.9. The van der Waals surface area contributed by atoms with E-state index < -0.39 is 0 Å². The summed E-state index contributed by atoms with van der Waals surface area (Å²) in [4.78, 5) is 18.4. The van der Waals surface area contributed by atoms with Crippen molar-refractivity contribution in [2.75, 3.05) is 31.4 Å². The van der Waals surface area contributed by atoms with Crippen molar-refractivity contribution >= 4 is 11.6 Å². The topological polar surface area (TPSA) is 63.7 Å². The molecule has 130 valence electrons. The number of fused-ring (bicyclic) bond motifs is 1. The standard InChI is InChI=1S/C19H21N3O3/c23-19-16-3-1-2-4-17(16)22(13-21-19)10-14-5-7-20-18(9-14)25-12-15-6-8-24-11-15/h1-5,7,9,15H,6,8,10-13H2,(H,21,23). The maximum absolute atomic E-state index is 12.0. The van der Waals surface area contributed by atoms with Crippen molar-refractivity contribution < 1.29 is 14.3 Å². The summed E-state index contributed by atoms with van der Waals surface area (Å²) in [7, 11) is 0. The van der Waals surface area contributed by atoms with Crippen LogP contribution >= 0.6 is 0 Å². The summed E-state index contributed by atoms with van der Waals surface area (Å²) in [6.07, 6.45) is 2.81. The molecule has 1 aromatic heterocycles. The summed E-state index contributed by atoms with van der Waals surface area (Å²) in [6, 6.07) is 11.6. The van der Waals surface area contributed by atoms with Crippen LogP contribution in [0.25, 0.3) is 0 Å². The molecule has 1 aromatic carbocycles. The highest BCUT2D eigenvalue weighted by Crippen LogP contribution is 2.25. The first-order chi connectivity index (χ1) is 12.3. The second kappa shape index (κ2) is 7.11. The van der Waals surface area contributed by atoms with E-state index in [4.69, 9.17) is 9.47 Å². The number of pyridine rings is 1. The molecule has 3 heterocycles. The number of benzene rings is 1. The maximum atomic E-state index is 12.0. The number of para-hydroxylation sites is 1. The molecule has 0 bridgehead atoms. The molecule has 25 heavy (non-hydrogen) atoms. The smallest absolute Gasteiger partial charge is 0.254 e. The molecule has 6 heteroatoms. The van der Waals surface area contributed by atoms with E-state index in [1.165, 1.54) is 0 Å². The summed E-state index contributed by atoms with van der Waals surface area (Å²) in [5, 5.41) is 2.91. The average molecular weight is 339 g/mol. The van der Waals surface area contributed by atoms with Crippen molar-refractivity contribution in [1.82, 2.24) is 10.3 Å². The van der Waals surface area contributed by atoms with E-state index in [9.17, 15) is 4.79 Å². The van der Waals surface area contributed by atoms with E-state index in [1.54, 1.807) is 6.20 Å². The molecule has 2 aliphatic rings. The molecular weight excluding hydrogens is 318 g/mol. The highest BCUT2D eigenvalue weighted by Gasteiger charge is 2.22. The van der Waals surface area contributed by atoms with Crippen LogP contribution in [0.1, 0.15) is 22.3 Å². The summed E-state index contributed by atoms with van der Waals surface area (Å²) in [5.41, 5.74) is 2.76. The Kier molecular flexibility index (Phi) is 4.52. The average Bonchev–Trinajstić information content (AvgIpc) is 3.17. The molecule has 2 aromatic rings. The number of anilines is 1. The van der Waals surface area contributed by atoms with Gasteiger partial charge in [0.2, 0.25) is 5.88 Å². The number of amides is 1. The van der Waals surface area contributed by atoms with Gasteiger partial charge >= 0.3 is 0 Å². The second-order valence-electron chi connectivity index (χ2n) is 6.42. The van der Waals surface area contributed by atoms with Crippen LogP contribution in [0.3, 0.4) is 0 Å². The van der Waals surface area contributed by atoms with E-state index in [2.05, 4.69) is 15.2 Å². The molecule has 0 spiro atoms. The quantitative estimate of drug-likeness (QED) is 0.905. The third-order valence-corrected chi connectivity index (χ3v) is 4.58. The Hall–Kier alpha value is -2.60. The molecule has 1 atom stereocenters. The molecule has 1 saturated heterocycles.